The molecule has 24 heavy (non-hydrogen) atoms. The molecule has 0 radical (unpaired) electrons. The van der Waals surface area contributed by atoms with Crippen LogP contribution in [0.25, 0.3) is 5.65 Å². The Hall–Kier alpha value is -2.83. The molecule has 1 saturated heterocycles. The summed E-state index contributed by atoms with van der Waals surface area (Å²) in [5.74, 6) is 1.83. The number of nitrogens with one attached hydrogen (secondary N) is 1. The second-order valence-electron chi connectivity index (χ2n) is 6.00. The Morgan fingerprint density at radius 3 is 3.21 bits per heavy atom. The lowest BCUT2D eigenvalue weighted by atomic mass is 10.2. The van der Waals surface area contributed by atoms with Crippen LogP contribution in [0.15, 0.2) is 47.3 Å². The van der Waals surface area contributed by atoms with Crippen molar-refractivity contribution in [2.45, 2.75) is 25.3 Å². The summed E-state index contributed by atoms with van der Waals surface area (Å²) in [6.45, 7) is 1.49. The number of fused-ring (bicyclic) bond motifs is 1. The molecule has 124 valence electrons. The molecular weight excluding hydrogens is 306 g/mol. The van der Waals surface area contributed by atoms with E-state index in [1.165, 1.54) is 0 Å². The Balaban J connectivity index is 1.31. The van der Waals surface area contributed by atoms with Crippen LogP contribution in [-0.4, -0.2) is 44.5 Å². The number of aromatic nitrogens is 3. The number of rotatable bonds is 5. The van der Waals surface area contributed by atoms with Crippen molar-refractivity contribution >= 4 is 17.4 Å². The Morgan fingerprint density at radius 2 is 2.33 bits per heavy atom. The molecule has 1 atom stereocenters. The summed E-state index contributed by atoms with van der Waals surface area (Å²) in [6, 6.07) is 7.82. The third-order valence-corrected chi connectivity index (χ3v) is 4.31. The number of imidazole rings is 1. The maximum absolute atomic E-state index is 12.3. The zero-order valence-electron chi connectivity index (χ0n) is 13.3. The second kappa shape index (κ2) is 6.35. The van der Waals surface area contributed by atoms with Crippen LogP contribution in [0.1, 0.15) is 18.6 Å². The number of likely N-dealkylation sites (tertiary alicyclic amines) is 1. The summed E-state index contributed by atoms with van der Waals surface area (Å²) in [5, 5.41) is 7.87. The van der Waals surface area contributed by atoms with Gasteiger partial charge in [0, 0.05) is 44.4 Å². The van der Waals surface area contributed by atoms with Crippen LogP contribution in [0.4, 0.5) is 5.82 Å². The van der Waals surface area contributed by atoms with Gasteiger partial charge in [-0.2, -0.15) is 0 Å². The van der Waals surface area contributed by atoms with E-state index in [0.29, 0.717) is 19.4 Å². The largest absolute Gasteiger partial charge is 0.469 e. The van der Waals surface area contributed by atoms with E-state index >= 15 is 0 Å². The number of carbonyl (C=O) groups excluding carboxylic acids is 1. The van der Waals surface area contributed by atoms with E-state index in [4.69, 9.17) is 4.42 Å². The lowest BCUT2D eigenvalue weighted by molar-refractivity contribution is -0.130. The summed E-state index contributed by atoms with van der Waals surface area (Å²) < 4.78 is 7.02. The van der Waals surface area contributed by atoms with Gasteiger partial charge in [0.15, 0.2) is 5.65 Å². The van der Waals surface area contributed by atoms with Gasteiger partial charge in [0.2, 0.25) is 5.91 Å². The molecule has 0 bridgehead atoms. The van der Waals surface area contributed by atoms with Crippen molar-refractivity contribution in [1.29, 1.82) is 0 Å². The van der Waals surface area contributed by atoms with E-state index in [1.54, 1.807) is 17.0 Å². The molecule has 3 aromatic rings. The molecule has 0 aliphatic carbocycles. The van der Waals surface area contributed by atoms with Crippen molar-refractivity contribution in [2.24, 2.45) is 0 Å². The standard InChI is InChI=1S/C17H19N5O2/c23-17(6-3-14-2-1-11-24-14)21-9-7-13(12-21)19-15-4-5-16-18-8-10-22(16)20-15/h1-2,4-5,8,10-11,13H,3,6-7,9,12H2,(H,19,20). The lowest BCUT2D eigenvalue weighted by Gasteiger charge is -2.17. The van der Waals surface area contributed by atoms with Crippen molar-refractivity contribution in [3.05, 3.63) is 48.7 Å². The van der Waals surface area contributed by atoms with Crippen LogP contribution in [0.3, 0.4) is 0 Å². The summed E-state index contributed by atoms with van der Waals surface area (Å²) in [4.78, 5) is 18.4. The van der Waals surface area contributed by atoms with Crippen LogP contribution in [0.5, 0.6) is 0 Å². The molecular formula is C17H19N5O2. The smallest absolute Gasteiger partial charge is 0.223 e. The summed E-state index contributed by atoms with van der Waals surface area (Å²) in [7, 11) is 0. The minimum atomic E-state index is 0.175. The predicted octanol–water partition coefficient (Wildman–Crippen LogP) is 1.97. The summed E-state index contributed by atoms with van der Waals surface area (Å²) in [6.07, 6.45) is 7.25. The number of anilines is 1. The van der Waals surface area contributed by atoms with Gasteiger partial charge in [0.25, 0.3) is 0 Å². The first kappa shape index (κ1) is 14.7. The zero-order chi connectivity index (χ0) is 16.4. The highest BCUT2D eigenvalue weighted by Gasteiger charge is 2.26. The average molecular weight is 325 g/mol. The maximum Gasteiger partial charge on any atom is 0.223 e. The molecule has 1 N–H and O–H groups in total. The number of hydrogen-bond acceptors (Lipinski definition) is 5. The minimum Gasteiger partial charge on any atom is -0.469 e. The summed E-state index contributed by atoms with van der Waals surface area (Å²) in [5.41, 5.74) is 0.821. The number of amides is 1. The highest BCUT2D eigenvalue weighted by molar-refractivity contribution is 5.76. The van der Waals surface area contributed by atoms with Crippen molar-refractivity contribution < 1.29 is 9.21 Å². The molecule has 1 amide bonds. The third kappa shape index (κ3) is 3.10. The van der Waals surface area contributed by atoms with E-state index in [9.17, 15) is 4.79 Å². The Morgan fingerprint density at radius 1 is 1.38 bits per heavy atom. The average Bonchev–Trinajstić information content (AvgIpc) is 3.33. The molecule has 4 heterocycles. The van der Waals surface area contributed by atoms with Gasteiger partial charge in [0.1, 0.15) is 11.6 Å². The number of nitrogens with zero attached hydrogens (tertiary/aromatic N) is 4. The van der Waals surface area contributed by atoms with Gasteiger partial charge in [-0.3, -0.25) is 4.79 Å². The second-order valence-corrected chi connectivity index (χ2v) is 6.00. The number of aryl methyl sites for hydroxylation is 1. The molecule has 1 aliphatic rings. The topological polar surface area (TPSA) is 75.7 Å². The van der Waals surface area contributed by atoms with Crippen LogP contribution < -0.4 is 5.32 Å². The van der Waals surface area contributed by atoms with E-state index < -0.39 is 0 Å². The number of carbonyl (C=O) groups is 1. The molecule has 0 spiro atoms. The third-order valence-electron chi connectivity index (χ3n) is 4.31. The molecule has 7 heteroatoms. The van der Waals surface area contributed by atoms with Crippen molar-refractivity contribution in [3.63, 3.8) is 0 Å². The van der Waals surface area contributed by atoms with Crippen LogP contribution in [-0.2, 0) is 11.2 Å². The Kier molecular flexibility index (Phi) is 3.90. The highest BCUT2D eigenvalue weighted by Crippen LogP contribution is 2.16. The first-order chi connectivity index (χ1) is 11.8. The van der Waals surface area contributed by atoms with Gasteiger partial charge in [-0.1, -0.05) is 0 Å². The Labute approximate surface area is 139 Å². The van der Waals surface area contributed by atoms with E-state index in [2.05, 4.69) is 15.4 Å². The van der Waals surface area contributed by atoms with E-state index in [1.807, 2.05) is 35.4 Å². The van der Waals surface area contributed by atoms with Crippen LogP contribution >= 0.6 is 0 Å². The van der Waals surface area contributed by atoms with Crippen molar-refractivity contribution in [1.82, 2.24) is 19.5 Å². The first-order valence-corrected chi connectivity index (χ1v) is 8.15. The molecule has 4 rings (SSSR count). The van der Waals surface area contributed by atoms with Crippen LogP contribution in [0, 0.1) is 0 Å². The molecule has 3 aromatic heterocycles. The maximum atomic E-state index is 12.3. The van der Waals surface area contributed by atoms with Crippen molar-refractivity contribution in [3.8, 4) is 0 Å². The predicted molar refractivity (Wildman–Crippen MR) is 88.6 cm³/mol. The molecule has 1 fully saturated rings. The minimum absolute atomic E-state index is 0.175. The highest BCUT2D eigenvalue weighted by atomic mass is 16.3. The lowest BCUT2D eigenvalue weighted by Crippen LogP contribution is -2.31. The summed E-state index contributed by atoms with van der Waals surface area (Å²) >= 11 is 0. The molecule has 0 saturated carbocycles. The van der Waals surface area contributed by atoms with Gasteiger partial charge in [-0.05, 0) is 30.7 Å². The normalized spacial score (nSPS) is 17.5. The van der Waals surface area contributed by atoms with Gasteiger partial charge in [-0.25, -0.2) is 9.50 Å². The fourth-order valence-electron chi connectivity index (χ4n) is 3.05. The molecule has 1 aliphatic heterocycles. The molecule has 1 unspecified atom stereocenters. The fourth-order valence-corrected chi connectivity index (χ4v) is 3.05. The monoisotopic (exact) mass is 325 g/mol. The van der Waals surface area contributed by atoms with Gasteiger partial charge < -0.3 is 14.6 Å². The fraction of sp³-hybridized carbons (Fsp3) is 0.353. The molecule has 0 aromatic carbocycles. The van der Waals surface area contributed by atoms with Crippen LogP contribution in [0.2, 0.25) is 0 Å². The van der Waals surface area contributed by atoms with Gasteiger partial charge in [0.05, 0.1) is 6.26 Å². The zero-order valence-corrected chi connectivity index (χ0v) is 13.3. The van der Waals surface area contributed by atoms with Gasteiger partial charge >= 0.3 is 0 Å². The van der Waals surface area contributed by atoms with Crippen molar-refractivity contribution in [2.75, 3.05) is 18.4 Å². The quantitative estimate of drug-likeness (QED) is 0.776. The Bertz CT molecular complexity index is 827. The van der Waals surface area contributed by atoms with E-state index in [0.717, 1.165) is 30.2 Å². The SMILES string of the molecule is O=C(CCc1ccco1)N1CCC(Nc2ccc3nccn3n2)C1. The molecule has 7 nitrogen and oxygen atoms in total. The van der Waals surface area contributed by atoms with Gasteiger partial charge in [-0.15, -0.1) is 5.10 Å². The first-order valence-electron chi connectivity index (χ1n) is 8.15. The van der Waals surface area contributed by atoms with E-state index in [-0.39, 0.29) is 11.9 Å². The number of hydrogen-bond donors (Lipinski definition) is 1. The number of furan rings is 1.